The first kappa shape index (κ1) is 15.0. The summed E-state index contributed by atoms with van der Waals surface area (Å²) in [4.78, 5) is 23.2. The van der Waals surface area contributed by atoms with E-state index in [1.54, 1.807) is 18.3 Å². The van der Waals surface area contributed by atoms with Crippen molar-refractivity contribution in [1.29, 1.82) is 0 Å². The minimum absolute atomic E-state index is 0.0327. The quantitative estimate of drug-likeness (QED) is 0.746. The Morgan fingerprint density at radius 2 is 2.29 bits per heavy atom. The number of carbonyl (C=O) groups is 1. The van der Waals surface area contributed by atoms with Crippen LogP contribution in [0, 0.1) is 6.92 Å². The summed E-state index contributed by atoms with van der Waals surface area (Å²) in [6.45, 7) is 3.03. The first-order valence-corrected chi connectivity index (χ1v) is 7.08. The van der Waals surface area contributed by atoms with Gasteiger partial charge in [-0.05, 0) is 31.4 Å². The number of aromatic amines is 1. The lowest BCUT2D eigenvalue weighted by atomic mass is 10.1. The maximum absolute atomic E-state index is 11.7. The van der Waals surface area contributed by atoms with Crippen molar-refractivity contribution in [3.05, 3.63) is 52.2 Å². The number of amides is 1. The predicted octanol–water partition coefficient (Wildman–Crippen LogP) is 1.02. The second-order valence-electron chi connectivity index (χ2n) is 4.96. The average molecular weight is 288 g/mol. The molecule has 2 rings (SSSR count). The van der Waals surface area contributed by atoms with Crippen LogP contribution in [0.25, 0.3) is 0 Å². The minimum Gasteiger partial charge on any atom is -0.356 e. The second kappa shape index (κ2) is 7.42. The Morgan fingerprint density at radius 3 is 3.00 bits per heavy atom. The van der Waals surface area contributed by atoms with Crippen LogP contribution in [-0.4, -0.2) is 27.2 Å². The number of hydrogen-bond donors (Lipinski definition) is 2. The van der Waals surface area contributed by atoms with Crippen LogP contribution in [0.3, 0.4) is 0 Å². The molecule has 0 saturated heterocycles. The molecule has 0 unspecified atom stereocenters. The summed E-state index contributed by atoms with van der Waals surface area (Å²) in [5.41, 5.74) is 2.17. The SMILES string of the molecule is Cc1[nH]ncc1CCCNC(=O)CCn1ccccc1=O. The molecule has 0 spiro atoms. The van der Waals surface area contributed by atoms with E-state index in [2.05, 4.69) is 15.5 Å². The predicted molar refractivity (Wildman–Crippen MR) is 80.0 cm³/mol. The van der Waals surface area contributed by atoms with E-state index in [9.17, 15) is 9.59 Å². The van der Waals surface area contributed by atoms with Crippen LogP contribution in [0.4, 0.5) is 0 Å². The first-order valence-electron chi connectivity index (χ1n) is 7.08. The van der Waals surface area contributed by atoms with Crippen molar-refractivity contribution in [1.82, 2.24) is 20.1 Å². The summed E-state index contributed by atoms with van der Waals surface area (Å²) < 4.78 is 1.54. The fourth-order valence-corrected chi connectivity index (χ4v) is 2.09. The molecule has 2 N–H and O–H groups in total. The number of carbonyl (C=O) groups excluding carboxylic acids is 1. The smallest absolute Gasteiger partial charge is 0.250 e. The monoisotopic (exact) mass is 288 g/mol. The summed E-state index contributed by atoms with van der Waals surface area (Å²) >= 11 is 0. The Morgan fingerprint density at radius 1 is 1.43 bits per heavy atom. The summed E-state index contributed by atoms with van der Waals surface area (Å²) in [7, 11) is 0. The van der Waals surface area contributed by atoms with Gasteiger partial charge in [-0.25, -0.2) is 0 Å². The van der Waals surface area contributed by atoms with Crippen LogP contribution < -0.4 is 10.9 Å². The van der Waals surface area contributed by atoms with Gasteiger partial charge in [-0.1, -0.05) is 6.07 Å². The van der Waals surface area contributed by atoms with Crippen molar-refractivity contribution in [3.63, 3.8) is 0 Å². The number of rotatable bonds is 7. The van der Waals surface area contributed by atoms with E-state index in [0.717, 1.165) is 18.5 Å². The van der Waals surface area contributed by atoms with E-state index in [1.807, 2.05) is 13.1 Å². The molecule has 0 fully saturated rings. The van der Waals surface area contributed by atoms with Gasteiger partial charge >= 0.3 is 0 Å². The van der Waals surface area contributed by atoms with Crippen LogP contribution in [0.15, 0.2) is 35.4 Å². The molecule has 0 bridgehead atoms. The molecule has 6 nitrogen and oxygen atoms in total. The molecule has 0 saturated carbocycles. The van der Waals surface area contributed by atoms with Gasteiger partial charge in [0.25, 0.3) is 5.56 Å². The van der Waals surface area contributed by atoms with Gasteiger partial charge in [0.1, 0.15) is 0 Å². The average Bonchev–Trinajstić information content (AvgIpc) is 2.88. The van der Waals surface area contributed by atoms with Gasteiger partial charge in [0, 0.05) is 37.5 Å². The highest BCUT2D eigenvalue weighted by Crippen LogP contribution is 2.04. The lowest BCUT2D eigenvalue weighted by Gasteiger charge is -2.06. The molecule has 0 atom stereocenters. The third-order valence-corrected chi connectivity index (χ3v) is 3.36. The van der Waals surface area contributed by atoms with Crippen molar-refractivity contribution in [2.45, 2.75) is 32.7 Å². The molecular weight excluding hydrogens is 268 g/mol. The van der Waals surface area contributed by atoms with Crippen LogP contribution in [0.5, 0.6) is 0 Å². The molecule has 0 radical (unpaired) electrons. The zero-order valence-electron chi connectivity index (χ0n) is 12.1. The van der Waals surface area contributed by atoms with Crippen molar-refractivity contribution >= 4 is 5.91 Å². The molecule has 0 aromatic carbocycles. The van der Waals surface area contributed by atoms with Gasteiger partial charge < -0.3 is 9.88 Å². The zero-order chi connectivity index (χ0) is 15.1. The van der Waals surface area contributed by atoms with Crippen LogP contribution in [-0.2, 0) is 17.8 Å². The highest BCUT2D eigenvalue weighted by molar-refractivity contribution is 5.75. The Labute approximate surface area is 123 Å². The maximum atomic E-state index is 11.7. The molecule has 0 aliphatic heterocycles. The number of hydrogen-bond acceptors (Lipinski definition) is 3. The van der Waals surface area contributed by atoms with Gasteiger partial charge in [-0.15, -0.1) is 0 Å². The van der Waals surface area contributed by atoms with E-state index in [4.69, 9.17) is 0 Å². The number of pyridine rings is 1. The molecule has 112 valence electrons. The Balaban J connectivity index is 1.65. The Bertz CT molecular complexity index is 645. The van der Waals surface area contributed by atoms with Crippen molar-refractivity contribution in [2.24, 2.45) is 0 Å². The molecule has 1 amide bonds. The van der Waals surface area contributed by atoms with Gasteiger partial charge in [0.2, 0.25) is 5.91 Å². The molecular formula is C15H20N4O2. The van der Waals surface area contributed by atoms with E-state index < -0.39 is 0 Å². The topological polar surface area (TPSA) is 79.8 Å². The molecule has 6 heteroatoms. The van der Waals surface area contributed by atoms with Gasteiger partial charge in [-0.2, -0.15) is 5.10 Å². The third-order valence-electron chi connectivity index (χ3n) is 3.36. The fourth-order valence-electron chi connectivity index (χ4n) is 2.09. The van der Waals surface area contributed by atoms with Crippen LogP contribution in [0.1, 0.15) is 24.1 Å². The van der Waals surface area contributed by atoms with Crippen molar-refractivity contribution in [2.75, 3.05) is 6.54 Å². The largest absolute Gasteiger partial charge is 0.356 e. The summed E-state index contributed by atoms with van der Waals surface area (Å²) in [5, 5.41) is 9.72. The second-order valence-corrected chi connectivity index (χ2v) is 4.96. The first-order chi connectivity index (χ1) is 10.2. The lowest BCUT2D eigenvalue weighted by molar-refractivity contribution is -0.121. The summed E-state index contributed by atoms with van der Waals surface area (Å²) in [6, 6.07) is 4.97. The molecule has 2 aromatic heterocycles. The Kier molecular flexibility index (Phi) is 5.31. The number of aromatic nitrogens is 3. The number of aryl methyl sites for hydroxylation is 3. The summed E-state index contributed by atoms with van der Waals surface area (Å²) in [5.74, 6) is -0.0327. The molecule has 2 heterocycles. The molecule has 0 aliphatic carbocycles. The van der Waals surface area contributed by atoms with E-state index in [1.165, 1.54) is 16.2 Å². The zero-order valence-corrected chi connectivity index (χ0v) is 12.1. The van der Waals surface area contributed by atoms with Crippen LogP contribution >= 0.6 is 0 Å². The van der Waals surface area contributed by atoms with E-state index in [-0.39, 0.29) is 11.5 Å². The lowest BCUT2D eigenvalue weighted by Crippen LogP contribution is -2.27. The number of nitrogens with one attached hydrogen (secondary N) is 2. The molecule has 0 aliphatic rings. The fraction of sp³-hybridized carbons (Fsp3) is 0.400. The highest BCUT2D eigenvalue weighted by atomic mass is 16.1. The van der Waals surface area contributed by atoms with Gasteiger partial charge in [-0.3, -0.25) is 14.7 Å². The van der Waals surface area contributed by atoms with Crippen LogP contribution in [0.2, 0.25) is 0 Å². The minimum atomic E-state index is -0.0827. The van der Waals surface area contributed by atoms with Crippen molar-refractivity contribution < 1.29 is 4.79 Å². The van der Waals surface area contributed by atoms with Gasteiger partial charge in [0.05, 0.1) is 6.20 Å². The van der Waals surface area contributed by atoms with Crippen molar-refractivity contribution in [3.8, 4) is 0 Å². The number of H-pyrrole nitrogens is 1. The molecule has 21 heavy (non-hydrogen) atoms. The van der Waals surface area contributed by atoms with Gasteiger partial charge in [0.15, 0.2) is 0 Å². The number of nitrogens with zero attached hydrogens (tertiary/aromatic N) is 2. The highest BCUT2D eigenvalue weighted by Gasteiger charge is 2.03. The normalized spacial score (nSPS) is 10.5. The maximum Gasteiger partial charge on any atom is 0.250 e. The standard InChI is InChI=1S/C15H20N4O2/c1-12-13(11-17-18-12)5-4-8-16-14(20)7-10-19-9-3-2-6-15(19)21/h2-3,6,9,11H,4-5,7-8,10H2,1H3,(H,16,20)(H,17,18). The van der Waals surface area contributed by atoms with E-state index in [0.29, 0.717) is 19.5 Å². The molecule has 2 aromatic rings. The van der Waals surface area contributed by atoms with E-state index >= 15 is 0 Å². The third kappa shape index (κ3) is 4.59. The Hall–Kier alpha value is -2.37. The summed E-state index contributed by atoms with van der Waals surface area (Å²) in [6.07, 6.45) is 5.59.